The Balaban J connectivity index is 2.49. The molecule has 0 bridgehead atoms. The van der Waals surface area contributed by atoms with Gasteiger partial charge in [-0.25, -0.2) is 0 Å². The van der Waals surface area contributed by atoms with Gasteiger partial charge in [-0.15, -0.1) is 0 Å². The number of aliphatic hydroxyl groups is 1. The van der Waals surface area contributed by atoms with Gasteiger partial charge >= 0.3 is 0 Å². The monoisotopic (exact) mass is 202 g/mol. The van der Waals surface area contributed by atoms with Crippen LogP contribution in [0.5, 0.6) is 0 Å². The summed E-state index contributed by atoms with van der Waals surface area (Å²) < 4.78 is 5.24. The van der Waals surface area contributed by atoms with Crippen molar-refractivity contribution in [2.75, 3.05) is 19.6 Å². The van der Waals surface area contributed by atoms with Crippen LogP contribution in [-0.2, 0) is 9.53 Å². The van der Waals surface area contributed by atoms with Gasteiger partial charge in [0.2, 0.25) is 6.41 Å². The number of ether oxygens (including phenoxy) is 1. The predicted octanol–water partition coefficient (Wildman–Crippen LogP) is -0.840. The summed E-state index contributed by atoms with van der Waals surface area (Å²) in [5, 5.41) is 12.3. The normalized spacial score (nSPS) is 27.1. The van der Waals surface area contributed by atoms with Crippen LogP contribution in [0, 0.1) is 0 Å². The van der Waals surface area contributed by atoms with E-state index in [9.17, 15) is 4.79 Å². The molecule has 1 aliphatic heterocycles. The summed E-state index contributed by atoms with van der Waals surface area (Å²) in [5.41, 5.74) is 0. The summed E-state index contributed by atoms with van der Waals surface area (Å²) in [6.45, 7) is 5.66. The van der Waals surface area contributed by atoms with E-state index in [-0.39, 0.29) is 12.1 Å². The van der Waals surface area contributed by atoms with Crippen LogP contribution in [0.15, 0.2) is 0 Å². The van der Waals surface area contributed by atoms with Crippen LogP contribution in [0.25, 0.3) is 0 Å². The molecule has 3 atom stereocenters. The van der Waals surface area contributed by atoms with Crippen LogP contribution in [0.2, 0.25) is 0 Å². The van der Waals surface area contributed by atoms with E-state index in [2.05, 4.69) is 5.32 Å². The van der Waals surface area contributed by atoms with Crippen molar-refractivity contribution >= 4 is 6.41 Å². The molecule has 1 heterocycles. The van der Waals surface area contributed by atoms with Crippen molar-refractivity contribution in [1.82, 2.24) is 10.2 Å². The Morgan fingerprint density at radius 2 is 2.36 bits per heavy atom. The van der Waals surface area contributed by atoms with E-state index in [0.717, 1.165) is 13.0 Å². The Labute approximate surface area is 84.0 Å². The summed E-state index contributed by atoms with van der Waals surface area (Å²) >= 11 is 0. The van der Waals surface area contributed by atoms with E-state index in [0.29, 0.717) is 13.1 Å². The number of nitrogens with one attached hydrogen (secondary N) is 1. The maximum Gasteiger partial charge on any atom is 0.210 e. The smallest absolute Gasteiger partial charge is 0.210 e. The van der Waals surface area contributed by atoms with Gasteiger partial charge < -0.3 is 20.1 Å². The molecule has 5 heteroatoms. The molecule has 14 heavy (non-hydrogen) atoms. The molecule has 82 valence electrons. The number of nitrogens with zero attached hydrogens (tertiary/aromatic N) is 1. The molecule has 0 aromatic carbocycles. The first-order chi connectivity index (χ1) is 6.65. The number of hydrogen-bond acceptors (Lipinski definition) is 4. The summed E-state index contributed by atoms with van der Waals surface area (Å²) in [6.07, 6.45) is -0.110. The third-order valence-electron chi connectivity index (χ3n) is 2.42. The zero-order chi connectivity index (χ0) is 10.6. The van der Waals surface area contributed by atoms with E-state index < -0.39 is 6.29 Å². The number of rotatable bonds is 4. The quantitative estimate of drug-likeness (QED) is 0.461. The first kappa shape index (κ1) is 11.4. The molecule has 1 rings (SSSR count). The fourth-order valence-corrected chi connectivity index (χ4v) is 1.71. The molecule has 1 amide bonds. The number of piperazine rings is 1. The maximum absolute atomic E-state index is 10.7. The molecule has 0 spiro atoms. The minimum atomic E-state index is -0.791. The third kappa shape index (κ3) is 2.94. The van der Waals surface area contributed by atoms with Crippen LogP contribution in [0.3, 0.4) is 0 Å². The fourth-order valence-electron chi connectivity index (χ4n) is 1.71. The van der Waals surface area contributed by atoms with Gasteiger partial charge in [0.15, 0.2) is 6.29 Å². The Kier molecular flexibility index (Phi) is 4.31. The SMILES string of the molecule is CC(O)OC(C)C1CNCCN1C=O. The number of amides is 1. The zero-order valence-corrected chi connectivity index (χ0v) is 8.64. The molecule has 5 nitrogen and oxygen atoms in total. The lowest BCUT2D eigenvalue weighted by Crippen LogP contribution is -2.56. The van der Waals surface area contributed by atoms with Gasteiger partial charge in [0, 0.05) is 19.6 Å². The van der Waals surface area contributed by atoms with Crippen molar-refractivity contribution in [3.8, 4) is 0 Å². The van der Waals surface area contributed by atoms with Crippen LogP contribution in [0.1, 0.15) is 13.8 Å². The third-order valence-corrected chi connectivity index (χ3v) is 2.42. The average Bonchev–Trinajstić information content (AvgIpc) is 2.16. The number of carbonyl (C=O) groups excluding carboxylic acids is 1. The average molecular weight is 202 g/mol. The van der Waals surface area contributed by atoms with Crippen LogP contribution >= 0.6 is 0 Å². The molecule has 2 N–H and O–H groups in total. The molecule has 0 aromatic heterocycles. The highest BCUT2D eigenvalue weighted by atomic mass is 16.6. The standard InChI is InChI=1S/C9H18N2O3/c1-7(14-8(2)13)9-5-10-3-4-11(9)6-12/h6-10,13H,3-5H2,1-2H3. The van der Waals surface area contributed by atoms with Crippen molar-refractivity contribution in [1.29, 1.82) is 0 Å². The van der Waals surface area contributed by atoms with Gasteiger partial charge in [0.05, 0.1) is 12.1 Å². The molecule has 1 fully saturated rings. The molecule has 1 saturated heterocycles. The highest BCUT2D eigenvalue weighted by Crippen LogP contribution is 2.09. The lowest BCUT2D eigenvalue weighted by atomic mass is 10.1. The second-order valence-corrected chi connectivity index (χ2v) is 3.56. The molecule has 0 saturated carbocycles. The summed E-state index contributed by atoms with van der Waals surface area (Å²) in [6, 6.07) is 0.0100. The van der Waals surface area contributed by atoms with Gasteiger partial charge in [-0.2, -0.15) is 0 Å². The van der Waals surface area contributed by atoms with E-state index >= 15 is 0 Å². The number of hydrogen-bond donors (Lipinski definition) is 2. The summed E-state index contributed by atoms with van der Waals surface area (Å²) in [5.74, 6) is 0. The Morgan fingerprint density at radius 3 is 2.93 bits per heavy atom. The Morgan fingerprint density at radius 1 is 1.64 bits per heavy atom. The van der Waals surface area contributed by atoms with Gasteiger partial charge in [0.1, 0.15) is 0 Å². The minimum absolute atomic E-state index is 0.0100. The molecule has 0 radical (unpaired) electrons. The highest BCUT2D eigenvalue weighted by Gasteiger charge is 2.27. The molecular weight excluding hydrogens is 184 g/mol. The van der Waals surface area contributed by atoms with E-state index in [1.807, 2.05) is 6.92 Å². The van der Waals surface area contributed by atoms with Crippen LogP contribution < -0.4 is 5.32 Å². The van der Waals surface area contributed by atoms with Crippen molar-refractivity contribution in [3.63, 3.8) is 0 Å². The Bertz CT molecular complexity index is 187. The number of carbonyl (C=O) groups is 1. The van der Waals surface area contributed by atoms with Crippen molar-refractivity contribution < 1.29 is 14.6 Å². The van der Waals surface area contributed by atoms with Crippen LogP contribution in [0.4, 0.5) is 0 Å². The second-order valence-electron chi connectivity index (χ2n) is 3.56. The first-order valence-electron chi connectivity index (χ1n) is 4.90. The Hall–Kier alpha value is -0.650. The molecule has 3 unspecified atom stereocenters. The number of aliphatic hydroxyl groups excluding tert-OH is 1. The van der Waals surface area contributed by atoms with Gasteiger partial charge in [-0.3, -0.25) is 4.79 Å². The van der Waals surface area contributed by atoms with E-state index in [1.54, 1.807) is 11.8 Å². The minimum Gasteiger partial charge on any atom is -0.368 e. The van der Waals surface area contributed by atoms with Crippen LogP contribution in [-0.4, -0.2) is 54.5 Å². The van der Waals surface area contributed by atoms with Gasteiger partial charge in [-0.05, 0) is 13.8 Å². The van der Waals surface area contributed by atoms with E-state index in [4.69, 9.17) is 9.84 Å². The fraction of sp³-hybridized carbons (Fsp3) is 0.889. The molecular formula is C9H18N2O3. The lowest BCUT2D eigenvalue weighted by Gasteiger charge is -2.37. The lowest BCUT2D eigenvalue weighted by molar-refractivity contribution is -0.148. The molecule has 1 aliphatic rings. The van der Waals surface area contributed by atoms with Gasteiger partial charge in [-0.1, -0.05) is 0 Å². The summed E-state index contributed by atoms with van der Waals surface area (Å²) in [7, 11) is 0. The topological polar surface area (TPSA) is 61.8 Å². The van der Waals surface area contributed by atoms with Crippen molar-refractivity contribution in [2.24, 2.45) is 0 Å². The molecule has 0 aromatic rings. The van der Waals surface area contributed by atoms with E-state index in [1.165, 1.54) is 0 Å². The zero-order valence-electron chi connectivity index (χ0n) is 8.64. The summed E-state index contributed by atoms with van der Waals surface area (Å²) in [4.78, 5) is 12.5. The maximum atomic E-state index is 10.7. The van der Waals surface area contributed by atoms with Gasteiger partial charge in [0.25, 0.3) is 0 Å². The highest BCUT2D eigenvalue weighted by molar-refractivity contribution is 5.48. The molecule has 0 aliphatic carbocycles. The largest absolute Gasteiger partial charge is 0.368 e. The van der Waals surface area contributed by atoms with Crippen molar-refractivity contribution in [3.05, 3.63) is 0 Å². The second kappa shape index (κ2) is 5.29. The first-order valence-corrected chi connectivity index (χ1v) is 4.90. The predicted molar refractivity (Wildman–Crippen MR) is 51.7 cm³/mol. The van der Waals surface area contributed by atoms with Crippen molar-refractivity contribution in [2.45, 2.75) is 32.3 Å².